The predicted octanol–water partition coefficient (Wildman–Crippen LogP) is 3.19. The van der Waals surface area contributed by atoms with Gasteiger partial charge < -0.3 is 10.1 Å². The lowest BCUT2D eigenvalue weighted by molar-refractivity contribution is 0.0368. The van der Waals surface area contributed by atoms with Crippen molar-refractivity contribution in [2.75, 3.05) is 38.2 Å². The van der Waals surface area contributed by atoms with E-state index >= 15 is 0 Å². The molecule has 1 aliphatic rings. The summed E-state index contributed by atoms with van der Waals surface area (Å²) in [5, 5.41) is 4.51. The molecule has 0 spiro atoms. The maximum Gasteiger partial charge on any atom is 0.184 e. The number of thiazole rings is 1. The number of hydrogen-bond acceptors (Lipinski definition) is 5. The van der Waals surface area contributed by atoms with Crippen LogP contribution in [0.1, 0.15) is 6.92 Å². The number of morpholine rings is 1. The third-order valence-electron chi connectivity index (χ3n) is 3.36. The van der Waals surface area contributed by atoms with Gasteiger partial charge in [0.25, 0.3) is 0 Å². The fourth-order valence-corrected chi connectivity index (χ4v) is 3.92. The Kier molecular flexibility index (Phi) is 4.55. The van der Waals surface area contributed by atoms with Crippen molar-refractivity contribution in [3.05, 3.63) is 22.7 Å². The van der Waals surface area contributed by atoms with Crippen molar-refractivity contribution in [3.8, 4) is 0 Å². The van der Waals surface area contributed by atoms with E-state index in [9.17, 15) is 0 Å². The number of nitrogens with one attached hydrogen (secondary N) is 1. The number of anilines is 1. The van der Waals surface area contributed by atoms with E-state index in [4.69, 9.17) is 4.74 Å². The molecule has 2 aromatic rings. The van der Waals surface area contributed by atoms with E-state index in [-0.39, 0.29) is 0 Å². The van der Waals surface area contributed by atoms with Crippen LogP contribution in [0.5, 0.6) is 0 Å². The Morgan fingerprint density at radius 3 is 3.05 bits per heavy atom. The SMILES string of the molecule is CC(CN1CCOCC1)Nc1nc2ccc(Br)cc2s1. The van der Waals surface area contributed by atoms with Crippen LogP contribution in [0.2, 0.25) is 0 Å². The standard InChI is InChI=1S/C14H18BrN3OS/c1-10(9-18-4-6-19-7-5-18)16-14-17-12-3-2-11(15)8-13(12)20-14/h2-3,8,10H,4-7,9H2,1H3,(H,16,17). The lowest BCUT2D eigenvalue weighted by atomic mass is 10.3. The first kappa shape index (κ1) is 14.3. The second kappa shape index (κ2) is 6.39. The van der Waals surface area contributed by atoms with Gasteiger partial charge in [-0.2, -0.15) is 0 Å². The first-order chi connectivity index (χ1) is 9.70. The molecular weight excluding hydrogens is 338 g/mol. The summed E-state index contributed by atoms with van der Waals surface area (Å²) in [6.45, 7) is 6.99. The van der Waals surface area contributed by atoms with Gasteiger partial charge in [0.2, 0.25) is 0 Å². The summed E-state index contributed by atoms with van der Waals surface area (Å²) >= 11 is 5.20. The number of benzene rings is 1. The average molecular weight is 356 g/mol. The van der Waals surface area contributed by atoms with Crippen LogP contribution in [0.3, 0.4) is 0 Å². The first-order valence-corrected chi connectivity index (χ1v) is 8.44. The van der Waals surface area contributed by atoms with Crippen LogP contribution in [0.25, 0.3) is 10.2 Å². The lowest BCUT2D eigenvalue weighted by Gasteiger charge is -2.29. The highest BCUT2D eigenvalue weighted by Crippen LogP contribution is 2.28. The molecule has 6 heteroatoms. The van der Waals surface area contributed by atoms with Crippen molar-refractivity contribution in [3.63, 3.8) is 0 Å². The maximum absolute atomic E-state index is 5.37. The van der Waals surface area contributed by atoms with Gasteiger partial charge in [-0.3, -0.25) is 4.90 Å². The molecule has 1 aromatic heterocycles. The molecule has 4 nitrogen and oxygen atoms in total. The average Bonchev–Trinajstić information content (AvgIpc) is 2.80. The van der Waals surface area contributed by atoms with Gasteiger partial charge in [-0.1, -0.05) is 27.3 Å². The van der Waals surface area contributed by atoms with Crippen molar-refractivity contribution in [2.45, 2.75) is 13.0 Å². The number of fused-ring (bicyclic) bond motifs is 1. The Balaban J connectivity index is 1.63. The Morgan fingerprint density at radius 2 is 2.25 bits per heavy atom. The number of rotatable bonds is 4. The third-order valence-corrected chi connectivity index (χ3v) is 4.80. The summed E-state index contributed by atoms with van der Waals surface area (Å²) in [6.07, 6.45) is 0. The summed E-state index contributed by atoms with van der Waals surface area (Å²) in [7, 11) is 0. The molecule has 1 N–H and O–H groups in total. The van der Waals surface area contributed by atoms with Crippen molar-refractivity contribution in [1.82, 2.24) is 9.88 Å². The number of aromatic nitrogens is 1. The van der Waals surface area contributed by atoms with Crippen LogP contribution >= 0.6 is 27.3 Å². The fraction of sp³-hybridized carbons (Fsp3) is 0.500. The van der Waals surface area contributed by atoms with Gasteiger partial charge in [-0.25, -0.2) is 4.98 Å². The largest absolute Gasteiger partial charge is 0.379 e. The summed E-state index contributed by atoms with van der Waals surface area (Å²) in [5.74, 6) is 0. The highest BCUT2D eigenvalue weighted by molar-refractivity contribution is 9.10. The fourth-order valence-electron chi connectivity index (χ4n) is 2.39. The van der Waals surface area contributed by atoms with Gasteiger partial charge in [0.05, 0.1) is 23.4 Å². The molecule has 1 unspecified atom stereocenters. The molecule has 1 fully saturated rings. The molecule has 0 amide bonds. The minimum Gasteiger partial charge on any atom is -0.379 e. The van der Waals surface area contributed by atoms with Gasteiger partial charge in [-0.15, -0.1) is 0 Å². The van der Waals surface area contributed by atoms with Gasteiger partial charge in [0.15, 0.2) is 5.13 Å². The van der Waals surface area contributed by atoms with Crippen molar-refractivity contribution in [1.29, 1.82) is 0 Å². The minimum atomic E-state index is 0.386. The highest BCUT2D eigenvalue weighted by atomic mass is 79.9. The van der Waals surface area contributed by atoms with Gasteiger partial charge in [0.1, 0.15) is 0 Å². The van der Waals surface area contributed by atoms with Crippen LogP contribution < -0.4 is 5.32 Å². The topological polar surface area (TPSA) is 37.4 Å². The molecule has 0 saturated carbocycles. The first-order valence-electron chi connectivity index (χ1n) is 6.83. The van der Waals surface area contributed by atoms with E-state index in [1.807, 2.05) is 12.1 Å². The van der Waals surface area contributed by atoms with Crippen LogP contribution in [0.15, 0.2) is 22.7 Å². The molecule has 108 valence electrons. The molecule has 0 aliphatic carbocycles. The quantitative estimate of drug-likeness (QED) is 0.913. The summed E-state index contributed by atoms with van der Waals surface area (Å²) in [4.78, 5) is 7.07. The van der Waals surface area contributed by atoms with E-state index in [2.05, 4.69) is 44.1 Å². The number of halogens is 1. The second-order valence-electron chi connectivity index (χ2n) is 5.09. The van der Waals surface area contributed by atoms with Crippen LogP contribution in [0, 0.1) is 0 Å². The molecule has 0 bridgehead atoms. The molecule has 1 atom stereocenters. The van der Waals surface area contributed by atoms with Gasteiger partial charge in [0, 0.05) is 30.1 Å². The number of hydrogen-bond donors (Lipinski definition) is 1. The van der Waals surface area contributed by atoms with Crippen molar-refractivity contribution in [2.24, 2.45) is 0 Å². The minimum absolute atomic E-state index is 0.386. The molecule has 0 radical (unpaired) electrons. The van der Waals surface area contributed by atoms with E-state index in [1.165, 1.54) is 4.70 Å². The van der Waals surface area contributed by atoms with Crippen LogP contribution in [-0.2, 0) is 4.74 Å². The Labute approximate surface area is 131 Å². The monoisotopic (exact) mass is 355 g/mol. The molecule has 1 aromatic carbocycles. The van der Waals surface area contributed by atoms with Crippen molar-refractivity contribution < 1.29 is 4.74 Å². The zero-order valence-corrected chi connectivity index (χ0v) is 13.8. The maximum atomic E-state index is 5.37. The number of nitrogens with zero attached hydrogens (tertiary/aromatic N) is 2. The van der Waals surface area contributed by atoms with E-state index < -0.39 is 0 Å². The van der Waals surface area contributed by atoms with E-state index in [0.29, 0.717) is 6.04 Å². The Morgan fingerprint density at radius 1 is 1.45 bits per heavy atom. The second-order valence-corrected chi connectivity index (χ2v) is 7.04. The van der Waals surface area contributed by atoms with Crippen LogP contribution in [-0.4, -0.2) is 48.8 Å². The Hall–Kier alpha value is -0.690. The molecule has 2 heterocycles. The summed E-state index contributed by atoms with van der Waals surface area (Å²) < 4.78 is 7.68. The molecule has 3 rings (SSSR count). The van der Waals surface area contributed by atoms with Crippen LogP contribution in [0.4, 0.5) is 5.13 Å². The zero-order valence-electron chi connectivity index (χ0n) is 11.4. The molecule has 1 aliphatic heterocycles. The smallest absolute Gasteiger partial charge is 0.184 e. The Bertz CT molecular complexity index is 583. The molecule has 20 heavy (non-hydrogen) atoms. The molecular formula is C14H18BrN3OS. The lowest BCUT2D eigenvalue weighted by Crippen LogP contribution is -2.42. The third kappa shape index (κ3) is 3.49. The number of ether oxygens (including phenoxy) is 1. The predicted molar refractivity (Wildman–Crippen MR) is 87.7 cm³/mol. The highest BCUT2D eigenvalue weighted by Gasteiger charge is 2.14. The summed E-state index contributed by atoms with van der Waals surface area (Å²) in [6, 6.07) is 6.58. The summed E-state index contributed by atoms with van der Waals surface area (Å²) in [5.41, 5.74) is 1.05. The van der Waals surface area contributed by atoms with Crippen molar-refractivity contribution >= 4 is 42.6 Å². The van der Waals surface area contributed by atoms with Gasteiger partial charge in [-0.05, 0) is 25.1 Å². The van der Waals surface area contributed by atoms with Gasteiger partial charge >= 0.3 is 0 Å². The molecule has 1 saturated heterocycles. The zero-order chi connectivity index (χ0) is 13.9. The van der Waals surface area contributed by atoms with E-state index in [1.54, 1.807) is 11.3 Å². The van der Waals surface area contributed by atoms with E-state index in [0.717, 1.165) is 48.0 Å². The normalized spacial score (nSPS) is 18.3.